The molecule has 0 aromatic carbocycles. The lowest BCUT2D eigenvalue weighted by molar-refractivity contribution is 0.299. The number of hydrogen-bond acceptors (Lipinski definition) is 2. The molecule has 17 heavy (non-hydrogen) atoms. The molecule has 1 aliphatic rings. The lowest BCUT2D eigenvalue weighted by Gasteiger charge is -2.26. The molecule has 96 valence electrons. The second-order valence-electron chi connectivity index (χ2n) is 5.31. The van der Waals surface area contributed by atoms with Gasteiger partial charge in [0.15, 0.2) is 0 Å². The zero-order valence-corrected chi connectivity index (χ0v) is 11.2. The predicted molar refractivity (Wildman–Crippen MR) is 70.8 cm³/mol. The van der Waals surface area contributed by atoms with Crippen molar-refractivity contribution in [3.8, 4) is 0 Å². The number of hydrogen-bond donors (Lipinski definition) is 1. The number of nitrogens with one attached hydrogen (secondary N) is 1. The van der Waals surface area contributed by atoms with E-state index in [1.165, 1.54) is 44.2 Å². The van der Waals surface area contributed by atoms with Crippen LogP contribution >= 0.6 is 0 Å². The first-order valence-corrected chi connectivity index (χ1v) is 7.01. The average molecular weight is 235 g/mol. The molecule has 1 aromatic rings. The first-order valence-electron chi connectivity index (χ1n) is 7.01. The van der Waals surface area contributed by atoms with Gasteiger partial charge >= 0.3 is 0 Å². The highest BCUT2D eigenvalue weighted by Gasteiger charge is 2.20. The molecule has 2 rings (SSSR count). The molecule has 1 N–H and O–H groups in total. The van der Waals surface area contributed by atoms with Crippen molar-refractivity contribution in [2.75, 3.05) is 6.54 Å². The van der Waals surface area contributed by atoms with E-state index in [1.54, 1.807) is 0 Å². The summed E-state index contributed by atoms with van der Waals surface area (Å²) in [6.45, 7) is 3.20. The van der Waals surface area contributed by atoms with Gasteiger partial charge in [-0.25, -0.2) is 4.98 Å². The molecule has 1 saturated carbocycles. The van der Waals surface area contributed by atoms with Crippen molar-refractivity contribution in [1.82, 2.24) is 14.9 Å². The SMILES string of the molecule is CCNC(CC1CCCCC1)c1cn(C)cn1. The van der Waals surface area contributed by atoms with Crippen LogP contribution in [0.1, 0.15) is 57.2 Å². The fourth-order valence-corrected chi connectivity index (χ4v) is 2.92. The molecule has 1 aliphatic carbocycles. The van der Waals surface area contributed by atoms with Crippen LogP contribution in [0.3, 0.4) is 0 Å². The van der Waals surface area contributed by atoms with Gasteiger partial charge in [0.05, 0.1) is 18.1 Å². The average Bonchev–Trinajstić information content (AvgIpc) is 2.77. The van der Waals surface area contributed by atoms with Gasteiger partial charge in [-0.05, 0) is 18.9 Å². The zero-order chi connectivity index (χ0) is 12.1. The highest BCUT2D eigenvalue weighted by atomic mass is 15.0. The molecule has 1 unspecified atom stereocenters. The summed E-state index contributed by atoms with van der Waals surface area (Å²) in [4.78, 5) is 4.50. The van der Waals surface area contributed by atoms with Gasteiger partial charge in [0.2, 0.25) is 0 Å². The Morgan fingerprint density at radius 2 is 2.18 bits per heavy atom. The Balaban J connectivity index is 1.96. The Bertz CT molecular complexity index is 326. The molecular weight excluding hydrogens is 210 g/mol. The number of nitrogens with zero attached hydrogens (tertiary/aromatic N) is 2. The number of aromatic nitrogens is 2. The zero-order valence-electron chi connectivity index (χ0n) is 11.2. The predicted octanol–water partition coefficient (Wildman–Crippen LogP) is 3.04. The van der Waals surface area contributed by atoms with Crippen LogP contribution in [-0.4, -0.2) is 16.1 Å². The highest BCUT2D eigenvalue weighted by Crippen LogP contribution is 2.31. The normalized spacial score (nSPS) is 19.4. The molecule has 1 heterocycles. The Morgan fingerprint density at radius 1 is 1.41 bits per heavy atom. The van der Waals surface area contributed by atoms with E-state index in [-0.39, 0.29) is 0 Å². The molecule has 0 spiro atoms. The van der Waals surface area contributed by atoms with Crippen molar-refractivity contribution in [2.45, 2.75) is 51.5 Å². The second-order valence-corrected chi connectivity index (χ2v) is 5.31. The third-order valence-electron chi connectivity index (χ3n) is 3.83. The summed E-state index contributed by atoms with van der Waals surface area (Å²) in [6, 6.07) is 0.448. The topological polar surface area (TPSA) is 29.9 Å². The molecule has 1 atom stereocenters. The van der Waals surface area contributed by atoms with Gasteiger partial charge in [0, 0.05) is 13.2 Å². The van der Waals surface area contributed by atoms with Crippen molar-refractivity contribution in [3.63, 3.8) is 0 Å². The van der Waals surface area contributed by atoms with Crippen LogP contribution in [0.4, 0.5) is 0 Å². The molecule has 0 aliphatic heterocycles. The third kappa shape index (κ3) is 3.56. The Morgan fingerprint density at radius 3 is 2.76 bits per heavy atom. The van der Waals surface area contributed by atoms with Crippen LogP contribution in [-0.2, 0) is 7.05 Å². The van der Waals surface area contributed by atoms with Crippen molar-refractivity contribution in [3.05, 3.63) is 18.2 Å². The summed E-state index contributed by atoms with van der Waals surface area (Å²) >= 11 is 0. The summed E-state index contributed by atoms with van der Waals surface area (Å²) < 4.78 is 2.04. The van der Waals surface area contributed by atoms with Crippen LogP contribution in [0.2, 0.25) is 0 Å². The van der Waals surface area contributed by atoms with Gasteiger partial charge in [-0.15, -0.1) is 0 Å². The van der Waals surface area contributed by atoms with Gasteiger partial charge in [0.1, 0.15) is 0 Å². The van der Waals surface area contributed by atoms with E-state index in [0.717, 1.165) is 12.5 Å². The lowest BCUT2D eigenvalue weighted by atomic mass is 9.84. The molecule has 0 saturated heterocycles. The lowest BCUT2D eigenvalue weighted by Crippen LogP contribution is -2.24. The van der Waals surface area contributed by atoms with E-state index < -0.39 is 0 Å². The first-order chi connectivity index (χ1) is 8.29. The summed E-state index contributed by atoms with van der Waals surface area (Å²) in [6.07, 6.45) is 12.4. The molecule has 1 aromatic heterocycles. The number of rotatable bonds is 5. The van der Waals surface area contributed by atoms with E-state index in [2.05, 4.69) is 23.4 Å². The summed E-state index contributed by atoms with van der Waals surface area (Å²) in [5.41, 5.74) is 1.21. The Hall–Kier alpha value is -0.830. The van der Waals surface area contributed by atoms with E-state index in [9.17, 15) is 0 Å². The van der Waals surface area contributed by atoms with E-state index in [0.29, 0.717) is 6.04 Å². The maximum Gasteiger partial charge on any atom is 0.0947 e. The van der Waals surface area contributed by atoms with Gasteiger partial charge < -0.3 is 9.88 Å². The molecular formula is C14H25N3. The molecule has 1 fully saturated rings. The molecule has 0 amide bonds. The van der Waals surface area contributed by atoms with Crippen molar-refractivity contribution < 1.29 is 0 Å². The fraction of sp³-hybridized carbons (Fsp3) is 0.786. The van der Waals surface area contributed by atoms with E-state index >= 15 is 0 Å². The molecule has 3 heteroatoms. The van der Waals surface area contributed by atoms with E-state index in [4.69, 9.17) is 0 Å². The van der Waals surface area contributed by atoms with Gasteiger partial charge in [0.25, 0.3) is 0 Å². The number of aryl methyl sites for hydroxylation is 1. The summed E-state index contributed by atoms with van der Waals surface area (Å²) in [5.74, 6) is 0.898. The van der Waals surface area contributed by atoms with Gasteiger partial charge in [-0.3, -0.25) is 0 Å². The Kier molecular flexibility index (Phi) is 4.60. The van der Waals surface area contributed by atoms with E-state index in [1.807, 2.05) is 17.9 Å². The summed E-state index contributed by atoms with van der Waals surface area (Å²) in [5, 5.41) is 3.58. The van der Waals surface area contributed by atoms with Crippen molar-refractivity contribution in [1.29, 1.82) is 0 Å². The van der Waals surface area contributed by atoms with Crippen LogP contribution in [0, 0.1) is 5.92 Å². The minimum absolute atomic E-state index is 0.448. The third-order valence-corrected chi connectivity index (χ3v) is 3.83. The standard InChI is InChI=1S/C14H25N3/c1-3-15-13(14-10-17(2)11-16-14)9-12-7-5-4-6-8-12/h10-13,15H,3-9H2,1-2H3. The van der Waals surface area contributed by atoms with Crippen LogP contribution in [0.5, 0.6) is 0 Å². The largest absolute Gasteiger partial charge is 0.340 e. The minimum Gasteiger partial charge on any atom is -0.340 e. The minimum atomic E-state index is 0.448. The molecule has 0 bridgehead atoms. The highest BCUT2D eigenvalue weighted by molar-refractivity contribution is 5.04. The fourth-order valence-electron chi connectivity index (χ4n) is 2.92. The second kappa shape index (κ2) is 6.20. The van der Waals surface area contributed by atoms with Crippen LogP contribution < -0.4 is 5.32 Å². The quantitative estimate of drug-likeness (QED) is 0.850. The first kappa shape index (κ1) is 12.6. The maximum absolute atomic E-state index is 4.50. The molecule has 3 nitrogen and oxygen atoms in total. The monoisotopic (exact) mass is 235 g/mol. The number of imidazole rings is 1. The van der Waals surface area contributed by atoms with Crippen molar-refractivity contribution in [2.24, 2.45) is 13.0 Å². The maximum atomic E-state index is 4.50. The van der Waals surface area contributed by atoms with Crippen molar-refractivity contribution >= 4 is 0 Å². The molecule has 0 radical (unpaired) electrons. The Labute approximate surface area is 105 Å². The van der Waals surface area contributed by atoms with Crippen LogP contribution in [0.25, 0.3) is 0 Å². The summed E-state index contributed by atoms with van der Waals surface area (Å²) in [7, 11) is 2.04. The van der Waals surface area contributed by atoms with Crippen LogP contribution in [0.15, 0.2) is 12.5 Å². The van der Waals surface area contributed by atoms with Gasteiger partial charge in [-0.1, -0.05) is 39.0 Å². The van der Waals surface area contributed by atoms with Gasteiger partial charge in [-0.2, -0.15) is 0 Å². The smallest absolute Gasteiger partial charge is 0.0947 e.